The van der Waals surface area contributed by atoms with Crippen LogP contribution in [0.1, 0.15) is 55.0 Å². The molecule has 0 unspecified atom stereocenters. The number of alkyl halides is 1. The van der Waals surface area contributed by atoms with Crippen molar-refractivity contribution < 1.29 is 47.8 Å². The van der Waals surface area contributed by atoms with E-state index in [0.717, 1.165) is 40.0 Å². The summed E-state index contributed by atoms with van der Waals surface area (Å²) in [4.78, 5) is 23.1. The Kier molecular flexibility index (Phi) is 12.8. The van der Waals surface area contributed by atoms with Crippen LogP contribution >= 0.6 is 23.2 Å². The number of carboxylic acids is 1. The molecule has 4 aromatic rings. The summed E-state index contributed by atoms with van der Waals surface area (Å²) in [5.74, 6) is 0.440. The average molecular weight is 624 g/mol. The molecule has 0 radical (unpaired) electrons. The molecule has 0 fully saturated rings. The van der Waals surface area contributed by atoms with E-state index in [1.807, 2.05) is 44.2 Å². The fourth-order valence-electron chi connectivity index (χ4n) is 4.58. The maximum Gasteiger partial charge on any atom is 1.00 e. The molecule has 10 heteroatoms. The van der Waals surface area contributed by atoms with Gasteiger partial charge in [0.15, 0.2) is 6.29 Å². The Balaban J connectivity index is 0.00000529. The molecule has 0 atom stereocenters. The number of carbonyl (C=O) groups is 2. The van der Waals surface area contributed by atoms with E-state index in [1.54, 1.807) is 0 Å². The van der Waals surface area contributed by atoms with Crippen molar-refractivity contribution in [1.29, 1.82) is 5.26 Å². The number of rotatable bonds is 13. The monoisotopic (exact) mass is 623 g/mol. The van der Waals surface area contributed by atoms with Gasteiger partial charge in [-0.05, 0) is 89.5 Å². The zero-order valence-corrected chi connectivity index (χ0v) is 26.1. The smallest absolute Gasteiger partial charge is 0.545 e. The molecule has 0 bridgehead atoms. The first-order valence-corrected chi connectivity index (χ1v) is 14.3. The van der Waals surface area contributed by atoms with Crippen LogP contribution < -0.4 is 38.2 Å². The van der Waals surface area contributed by atoms with Crippen LogP contribution in [-0.4, -0.2) is 24.7 Å². The van der Waals surface area contributed by atoms with Crippen LogP contribution in [0.15, 0.2) is 66.7 Å². The summed E-state index contributed by atoms with van der Waals surface area (Å²) in [6, 6.07) is 20.9. The van der Waals surface area contributed by atoms with E-state index in [0.29, 0.717) is 30.1 Å². The second kappa shape index (κ2) is 16.2. The van der Waals surface area contributed by atoms with Gasteiger partial charge in [-0.1, -0.05) is 41.9 Å². The third kappa shape index (κ3) is 8.38. The summed E-state index contributed by atoms with van der Waals surface area (Å²) in [5.41, 5.74) is 5.70. The van der Waals surface area contributed by atoms with Gasteiger partial charge >= 0.3 is 18.9 Å². The Morgan fingerprint density at radius 3 is 2.30 bits per heavy atom. The standard InChI is InChI=1S/C34H29Cl2NO6.Li/c1-21-25(6-3-7-28(21)29-8-4-9-31(22(29)2)41-11-5-10-35)20-43-33-16-32(27(18-38)15-30(33)36)42-19-24-12-23(17-37)13-26(14-24)34(39)40;/h3-4,6-9,12-16,18H,5,10-11,19-20H2,1-2H3,(H,39,40);/q;+1/p-1. The van der Waals surface area contributed by atoms with Gasteiger partial charge in [-0.2, -0.15) is 5.26 Å². The minimum absolute atomic E-state index is 0. The molecule has 44 heavy (non-hydrogen) atoms. The second-order valence-electron chi connectivity index (χ2n) is 9.74. The maximum absolute atomic E-state index is 11.7. The number of hydrogen-bond donors (Lipinski definition) is 0. The van der Waals surface area contributed by atoms with Crippen LogP contribution in [0.4, 0.5) is 0 Å². The Morgan fingerprint density at radius 1 is 0.909 bits per heavy atom. The molecule has 220 valence electrons. The molecule has 0 aliphatic carbocycles. The van der Waals surface area contributed by atoms with Gasteiger partial charge in [0.25, 0.3) is 0 Å². The van der Waals surface area contributed by atoms with Gasteiger partial charge in [0.2, 0.25) is 0 Å². The molecule has 0 aliphatic rings. The van der Waals surface area contributed by atoms with Crippen LogP contribution in [0.3, 0.4) is 0 Å². The topological polar surface area (TPSA) is 109 Å². The van der Waals surface area contributed by atoms with Crippen molar-refractivity contribution in [3.63, 3.8) is 0 Å². The molecule has 4 rings (SSSR count). The zero-order chi connectivity index (χ0) is 30.9. The fraction of sp³-hybridized carbons (Fsp3) is 0.206. The van der Waals surface area contributed by atoms with E-state index >= 15 is 0 Å². The molecule has 0 heterocycles. The summed E-state index contributed by atoms with van der Waals surface area (Å²) in [6.45, 7) is 4.69. The van der Waals surface area contributed by atoms with E-state index in [9.17, 15) is 20.0 Å². The van der Waals surface area contributed by atoms with Crippen LogP contribution in [0.25, 0.3) is 11.1 Å². The number of nitriles is 1. The minimum atomic E-state index is -1.41. The predicted molar refractivity (Wildman–Crippen MR) is 163 cm³/mol. The van der Waals surface area contributed by atoms with Gasteiger partial charge in [0, 0.05) is 11.9 Å². The van der Waals surface area contributed by atoms with E-state index in [-0.39, 0.29) is 59.5 Å². The van der Waals surface area contributed by atoms with Crippen LogP contribution in [-0.2, 0) is 13.2 Å². The van der Waals surface area contributed by atoms with Gasteiger partial charge in [-0.15, -0.1) is 11.6 Å². The SMILES string of the molecule is Cc1c(COc2cc(OCc3cc(C#N)cc(C(=O)[O-])c3)c(C=O)cc2Cl)cccc1-c1cccc(OCCCCl)c1C.[Li+]. The number of carboxylic acid groups (broad SMARTS) is 1. The molecular weight excluding hydrogens is 596 g/mol. The summed E-state index contributed by atoms with van der Waals surface area (Å²) in [5, 5.41) is 20.8. The second-order valence-corrected chi connectivity index (χ2v) is 10.5. The molecule has 7 nitrogen and oxygen atoms in total. The molecular formula is C34H28Cl2LiNO6. The molecule has 0 saturated carbocycles. The quantitative estimate of drug-likeness (QED) is 0.0963. The van der Waals surface area contributed by atoms with Crippen molar-refractivity contribution in [2.45, 2.75) is 33.5 Å². The Hall–Kier alpha value is -3.91. The number of benzene rings is 4. The van der Waals surface area contributed by atoms with Crippen molar-refractivity contribution in [2.24, 2.45) is 0 Å². The van der Waals surface area contributed by atoms with Crippen LogP contribution in [0.5, 0.6) is 17.2 Å². The van der Waals surface area contributed by atoms with E-state index in [1.165, 1.54) is 30.3 Å². The number of hydrogen-bond acceptors (Lipinski definition) is 7. The third-order valence-corrected chi connectivity index (χ3v) is 7.44. The first-order valence-electron chi connectivity index (χ1n) is 13.4. The average Bonchev–Trinajstić information content (AvgIpc) is 3.01. The van der Waals surface area contributed by atoms with Crippen molar-refractivity contribution in [3.8, 4) is 34.4 Å². The number of nitrogens with zero attached hydrogens (tertiary/aromatic N) is 1. The molecule has 0 aromatic heterocycles. The minimum Gasteiger partial charge on any atom is -0.545 e. The number of ether oxygens (including phenoxy) is 3. The van der Waals surface area contributed by atoms with Crippen molar-refractivity contribution >= 4 is 35.5 Å². The van der Waals surface area contributed by atoms with Gasteiger partial charge in [-0.25, -0.2) is 0 Å². The zero-order valence-electron chi connectivity index (χ0n) is 24.6. The summed E-state index contributed by atoms with van der Waals surface area (Å²) in [7, 11) is 0. The fourth-order valence-corrected chi connectivity index (χ4v) is 4.92. The van der Waals surface area contributed by atoms with Crippen LogP contribution in [0.2, 0.25) is 5.02 Å². The van der Waals surface area contributed by atoms with Crippen LogP contribution in [0, 0.1) is 25.2 Å². The first kappa shape index (κ1) is 34.6. The normalized spacial score (nSPS) is 10.3. The Bertz CT molecular complexity index is 1700. The van der Waals surface area contributed by atoms with E-state index < -0.39 is 5.97 Å². The van der Waals surface area contributed by atoms with E-state index in [4.69, 9.17) is 37.4 Å². The summed E-state index contributed by atoms with van der Waals surface area (Å²) in [6.07, 6.45) is 1.37. The van der Waals surface area contributed by atoms with Gasteiger partial charge in [0.05, 0.1) is 34.8 Å². The van der Waals surface area contributed by atoms with E-state index in [2.05, 4.69) is 12.1 Å². The molecule has 0 amide bonds. The summed E-state index contributed by atoms with van der Waals surface area (Å²) < 4.78 is 17.9. The molecule has 0 spiro atoms. The van der Waals surface area contributed by atoms with Crippen molar-refractivity contribution in [1.82, 2.24) is 0 Å². The number of carbonyl (C=O) groups excluding carboxylic acids is 2. The number of aldehydes is 1. The number of halogens is 2. The molecule has 0 saturated heterocycles. The molecule has 0 N–H and O–H groups in total. The maximum atomic E-state index is 11.7. The van der Waals surface area contributed by atoms with Crippen molar-refractivity contribution in [3.05, 3.63) is 111 Å². The first-order chi connectivity index (χ1) is 20.7. The largest absolute Gasteiger partial charge is 1.00 e. The summed E-state index contributed by atoms with van der Waals surface area (Å²) >= 11 is 12.2. The van der Waals surface area contributed by atoms with Gasteiger partial charge in [0.1, 0.15) is 30.5 Å². The number of aromatic carboxylic acids is 1. The van der Waals surface area contributed by atoms with Crippen molar-refractivity contribution in [2.75, 3.05) is 12.5 Å². The Morgan fingerprint density at radius 2 is 1.61 bits per heavy atom. The van der Waals surface area contributed by atoms with Gasteiger partial charge < -0.3 is 24.1 Å². The third-order valence-electron chi connectivity index (χ3n) is 6.88. The molecule has 0 aliphatic heterocycles. The molecule has 4 aromatic carbocycles. The predicted octanol–water partition coefficient (Wildman–Crippen LogP) is 3.84. The van der Waals surface area contributed by atoms with Gasteiger partial charge in [-0.3, -0.25) is 4.79 Å². The Labute approximate surface area is 278 Å².